The first-order chi connectivity index (χ1) is 8.72. The largest absolute Gasteiger partial charge is 0.377 e. The second kappa shape index (κ2) is 4.21. The summed E-state index contributed by atoms with van der Waals surface area (Å²) in [6.07, 6.45) is 2.83. The molecule has 0 bridgehead atoms. The highest BCUT2D eigenvalue weighted by atomic mass is 16.3. The van der Waals surface area contributed by atoms with Crippen molar-refractivity contribution in [3.8, 4) is 0 Å². The van der Waals surface area contributed by atoms with Crippen LogP contribution in [0.4, 0.5) is 0 Å². The van der Waals surface area contributed by atoms with Crippen molar-refractivity contribution in [3.05, 3.63) is 48.0 Å². The second-order valence-corrected chi connectivity index (χ2v) is 5.02. The number of rotatable bonds is 1. The van der Waals surface area contributed by atoms with Crippen molar-refractivity contribution in [2.45, 2.75) is 31.3 Å². The molecule has 2 aromatic rings. The summed E-state index contributed by atoms with van der Waals surface area (Å²) >= 11 is 0. The van der Waals surface area contributed by atoms with Gasteiger partial charge in [-0.2, -0.15) is 0 Å². The molecule has 1 aliphatic carbocycles. The Bertz CT molecular complexity index is 598. The standard InChI is InChI=1S/C16H16O2/c17-15-10-3-4-11-16(15,18)14-9-5-7-12-6-1-2-8-13(12)14/h1-2,5-9,18H,3-4,10-11H2. The number of benzene rings is 2. The fourth-order valence-electron chi connectivity index (χ4n) is 2.88. The third-order valence-electron chi connectivity index (χ3n) is 3.89. The van der Waals surface area contributed by atoms with Crippen LogP contribution in [0.1, 0.15) is 31.2 Å². The van der Waals surface area contributed by atoms with Gasteiger partial charge in [0.1, 0.15) is 5.60 Å². The molecule has 0 radical (unpaired) electrons. The molecule has 1 saturated carbocycles. The van der Waals surface area contributed by atoms with Gasteiger partial charge in [-0.15, -0.1) is 0 Å². The van der Waals surface area contributed by atoms with Gasteiger partial charge in [0, 0.05) is 6.42 Å². The molecular weight excluding hydrogens is 224 g/mol. The summed E-state index contributed by atoms with van der Waals surface area (Å²) < 4.78 is 0. The average Bonchev–Trinajstić information content (AvgIpc) is 2.41. The maximum atomic E-state index is 12.1. The molecular formula is C16H16O2. The molecule has 2 nitrogen and oxygen atoms in total. The quantitative estimate of drug-likeness (QED) is 0.831. The van der Waals surface area contributed by atoms with E-state index in [9.17, 15) is 9.90 Å². The van der Waals surface area contributed by atoms with Crippen LogP contribution in [0.25, 0.3) is 10.8 Å². The molecule has 1 unspecified atom stereocenters. The molecule has 92 valence electrons. The van der Waals surface area contributed by atoms with Crippen LogP contribution < -0.4 is 0 Å². The molecule has 0 aliphatic heterocycles. The lowest BCUT2D eigenvalue weighted by Gasteiger charge is -2.31. The predicted octanol–water partition coefficient (Wildman–Crippen LogP) is 3.17. The summed E-state index contributed by atoms with van der Waals surface area (Å²) in [6.45, 7) is 0. The zero-order valence-corrected chi connectivity index (χ0v) is 10.2. The Kier molecular flexibility index (Phi) is 2.67. The van der Waals surface area contributed by atoms with E-state index in [2.05, 4.69) is 0 Å². The number of ketones is 1. The SMILES string of the molecule is O=C1CCCCC1(O)c1cccc2ccccc12. The van der Waals surface area contributed by atoms with Gasteiger partial charge in [0.05, 0.1) is 0 Å². The molecule has 2 heteroatoms. The summed E-state index contributed by atoms with van der Waals surface area (Å²) in [5.74, 6) is -0.0369. The Morgan fingerprint density at radius 3 is 2.61 bits per heavy atom. The van der Waals surface area contributed by atoms with E-state index in [0.29, 0.717) is 12.8 Å². The molecule has 18 heavy (non-hydrogen) atoms. The van der Waals surface area contributed by atoms with E-state index in [1.165, 1.54) is 0 Å². The van der Waals surface area contributed by atoms with E-state index in [1.807, 2.05) is 42.5 Å². The van der Waals surface area contributed by atoms with Crippen molar-refractivity contribution in [1.29, 1.82) is 0 Å². The number of Topliss-reactive ketones (excluding diaryl/α,β-unsaturated/α-hetero) is 1. The Labute approximate surface area is 106 Å². The molecule has 2 aromatic carbocycles. The summed E-state index contributed by atoms with van der Waals surface area (Å²) in [7, 11) is 0. The van der Waals surface area contributed by atoms with Gasteiger partial charge in [-0.05, 0) is 35.6 Å². The minimum Gasteiger partial charge on any atom is -0.377 e. The number of hydrogen-bond donors (Lipinski definition) is 1. The fourth-order valence-corrected chi connectivity index (χ4v) is 2.88. The smallest absolute Gasteiger partial charge is 0.168 e. The number of carbonyl (C=O) groups is 1. The van der Waals surface area contributed by atoms with Gasteiger partial charge < -0.3 is 5.11 Å². The lowest BCUT2D eigenvalue weighted by molar-refractivity contribution is -0.142. The van der Waals surface area contributed by atoms with Gasteiger partial charge in [0.2, 0.25) is 0 Å². The zero-order valence-electron chi connectivity index (χ0n) is 10.2. The number of fused-ring (bicyclic) bond motifs is 1. The van der Waals surface area contributed by atoms with Crippen LogP contribution in [-0.4, -0.2) is 10.9 Å². The van der Waals surface area contributed by atoms with Gasteiger partial charge in [0.25, 0.3) is 0 Å². The molecule has 0 saturated heterocycles. The molecule has 1 fully saturated rings. The van der Waals surface area contributed by atoms with Crippen LogP contribution in [0.5, 0.6) is 0 Å². The van der Waals surface area contributed by atoms with Crippen LogP contribution in [-0.2, 0) is 10.4 Å². The summed E-state index contributed by atoms with van der Waals surface area (Å²) in [4.78, 5) is 12.1. The zero-order chi connectivity index (χ0) is 12.6. The van der Waals surface area contributed by atoms with E-state index in [0.717, 1.165) is 29.2 Å². The van der Waals surface area contributed by atoms with Gasteiger partial charge in [0.15, 0.2) is 5.78 Å². The number of aliphatic hydroxyl groups is 1. The molecule has 3 rings (SSSR count). The van der Waals surface area contributed by atoms with Crippen LogP contribution >= 0.6 is 0 Å². The van der Waals surface area contributed by atoms with Crippen LogP contribution in [0.2, 0.25) is 0 Å². The van der Waals surface area contributed by atoms with E-state index < -0.39 is 5.60 Å². The van der Waals surface area contributed by atoms with Gasteiger partial charge in [-0.25, -0.2) is 0 Å². The molecule has 1 aliphatic rings. The van der Waals surface area contributed by atoms with Crippen LogP contribution in [0, 0.1) is 0 Å². The molecule has 0 heterocycles. The monoisotopic (exact) mass is 240 g/mol. The third-order valence-corrected chi connectivity index (χ3v) is 3.89. The van der Waals surface area contributed by atoms with Crippen LogP contribution in [0.3, 0.4) is 0 Å². The lowest BCUT2D eigenvalue weighted by Crippen LogP contribution is -2.38. The predicted molar refractivity (Wildman–Crippen MR) is 71.3 cm³/mol. The van der Waals surface area contributed by atoms with E-state index in [1.54, 1.807) is 0 Å². The topological polar surface area (TPSA) is 37.3 Å². The first-order valence-electron chi connectivity index (χ1n) is 6.46. The minimum atomic E-state index is -1.28. The maximum absolute atomic E-state index is 12.1. The van der Waals surface area contributed by atoms with Crippen molar-refractivity contribution in [2.75, 3.05) is 0 Å². The maximum Gasteiger partial charge on any atom is 0.168 e. The van der Waals surface area contributed by atoms with E-state index >= 15 is 0 Å². The first-order valence-corrected chi connectivity index (χ1v) is 6.46. The summed E-state index contributed by atoms with van der Waals surface area (Å²) in [6, 6.07) is 13.7. The Morgan fingerprint density at radius 1 is 1.00 bits per heavy atom. The summed E-state index contributed by atoms with van der Waals surface area (Å²) in [5, 5.41) is 12.8. The number of hydrogen-bond acceptors (Lipinski definition) is 2. The third kappa shape index (κ3) is 1.65. The lowest BCUT2D eigenvalue weighted by atomic mass is 9.77. The average molecular weight is 240 g/mol. The molecule has 0 amide bonds. The number of carbonyl (C=O) groups excluding carboxylic acids is 1. The second-order valence-electron chi connectivity index (χ2n) is 5.02. The Balaban J connectivity index is 2.22. The van der Waals surface area contributed by atoms with E-state index in [4.69, 9.17) is 0 Å². The van der Waals surface area contributed by atoms with Crippen molar-refractivity contribution in [2.24, 2.45) is 0 Å². The van der Waals surface area contributed by atoms with Gasteiger partial charge in [-0.1, -0.05) is 42.5 Å². The molecule has 1 atom stereocenters. The van der Waals surface area contributed by atoms with Gasteiger partial charge >= 0.3 is 0 Å². The fraction of sp³-hybridized carbons (Fsp3) is 0.312. The summed E-state index contributed by atoms with van der Waals surface area (Å²) in [5.41, 5.74) is -0.510. The van der Waals surface area contributed by atoms with Crippen molar-refractivity contribution in [1.82, 2.24) is 0 Å². The molecule has 1 N–H and O–H groups in total. The Morgan fingerprint density at radius 2 is 1.78 bits per heavy atom. The Hall–Kier alpha value is -1.67. The van der Waals surface area contributed by atoms with Gasteiger partial charge in [-0.3, -0.25) is 4.79 Å². The van der Waals surface area contributed by atoms with Crippen molar-refractivity contribution in [3.63, 3.8) is 0 Å². The van der Waals surface area contributed by atoms with Crippen molar-refractivity contribution < 1.29 is 9.90 Å². The highest BCUT2D eigenvalue weighted by molar-refractivity contribution is 5.95. The van der Waals surface area contributed by atoms with Crippen molar-refractivity contribution >= 4 is 16.6 Å². The highest BCUT2D eigenvalue weighted by Crippen LogP contribution is 2.37. The highest BCUT2D eigenvalue weighted by Gasteiger charge is 2.40. The first kappa shape index (κ1) is 11.4. The van der Waals surface area contributed by atoms with E-state index in [-0.39, 0.29) is 5.78 Å². The molecule has 0 spiro atoms. The molecule has 0 aromatic heterocycles. The minimum absolute atomic E-state index is 0.0369. The van der Waals surface area contributed by atoms with Crippen LogP contribution in [0.15, 0.2) is 42.5 Å². The normalized spacial score (nSPS) is 24.4.